The lowest BCUT2D eigenvalue weighted by atomic mass is 9.85. The second-order valence-electron chi connectivity index (χ2n) is 9.07. The van der Waals surface area contributed by atoms with Gasteiger partial charge in [-0.15, -0.1) is 0 Å². The maximum absolute atomic E-state index is 13.7. The molecule has 0 aliphatic heterocycles. The van der Waals surface area contributed by atoms with Gasteiger partial charge in [0.15, 0.2) is 0 Å². The monoisotopic (exact) mass is 472 g/mol. The van der Waals surface area contributed by atoms with E-state index in [2.05, 4.69) is 19.0 Å². The minimum atomic E-state index is -3.79. The van der Waals surface area contributed by atoms with Crippen molar-refractivity contribution in [3.05, 3.63) is 60.2 Å². The van der Waals surface area contributed by atoms with Crippen LogP contribution in [0.25, 0.3) is 0 Å². The highest BCUT2D eigenvalue weighted by atomic mass is 32.2. The minimum absolute atomic E-state index is 0.0433. The number of hydrogen-bond acceptors (Lipinski definition) is 4. The molecule has 2 aromatic rings. The third-order valence-corrected chi connectivity index (χ3v) is 7.49. The molecule has 2 aromatic carbocycles. The highest BCUT2D eigenvalue weighted by molar-refractivity contribution is 7.89. The van der Waals surface area contributed by atoms with Gasteiger partial charge in [0.25, 0.3) is 0 Å². The number of nitrogens with two attached hydrogens (primary N) is 1. The third kappa shape index (κ3) is 6.79. The van der Waals surface area contributed by atoms with Gasteiger partial charge < -0.3 is 9.80 Å². The molecule has 1 fully saturated rings. The first kappa shape index (κ1) is 25.2. The van der Waals surface area contributed by atoms with Crippen LogP contribution in [0, 0.1) is 5.92 Å². The first-order valence-corrected chi connectivity index (χ1v) is 13.1. The van der Waals surface area contributed by atoms with E-state index < -0.39 is 10.0 Å². The lowest BCUT2D eigenvalue weighted by molar-refractivity contribution is 0.186. The van der Waals surface area contributed by atoms with E-state index >= 15 is 0 Å². The molecule has 0 saturated heterocycles. The van der Waals surface area contributed by atoms with Gasteiger partial charge in [-0.25, -0.2) is 18.4 Å². The normalized spacial score (nSPS) is 18.8. The molecule has 1 aliphatic carbocycles. The zero-order valence-corrected chi connectivity index (χ0v) is 20.7. The number of benzene rings is 2. The summed E-state index contributed by atoms with van der Waals surface area (Å²) in [5, 5.41) is 5.26. The number of urea groups is 1. The molecule has 2 N–H and O–H groups in total. The van der Waals surface area contributed by atoms with Crippen molar-refractivity contribution in [3.8, 4) is 0 Å². The Morgan fingerprint density at radius 2 is 1.58 bits per heavy atom. The standard InChI is InChI=1S/C25H36N4O3S/c1-4-28(18-20-8-6-5-7-9-20)25(30)29(19-21-10-12-22(13-11-21)27(2)3)23-14-16-24(17-15-23)33(26,31)32/h5-9,14-17,21-22H,4,10-13,18-19H2,1-3H3,(H2,26,31,32). The molecule has 3 rings (SSSR count). The Balaban J connectivity index is 1.83. The zero-order chi connectivity index (χ0) is 24.0. The summed E-state index contributed by atoms with van der Waals surface area (Å²) in [7, 11) is 0.456. The van der Waals surface area contributed by atoms with Gasteiger partial charge in [0.2, 0.25) is 10.0 Å². The van der Waals surface area contributed by atoms with Gasteiger partial charge in [-0.2, -0.15) is 0 Å². The van der Waals surface area contributed by atoms with Crippen molar-refractivity contribution in [2.75, 3.05) is 32.1 Å². The van der Waals surface area contributed by atoms with E-state index in [9.17, 15) is 13.2 Å². The van der Waals surface area contributed by atoms with Crippen LogP contribution >= 0.6 is 0 Å². The molecule has 0 heterocycles. The van der Waals surface area contributed by atoms with Crippen LogP contribution in [0.4, 0.5) is 10.5 Å². The lowest BCUT2D eigenvalue weighted by Gasteiger charge is -2.37. The number of rotatable bonds is 8. The molecule has 180 valence electrons. The largest absolute Gasteiger partial charge is 0.324 e. The average Bonchev–Trinajstić information content (AvgIpc) is 2.81. The summed E-state index contributed by atoms with van der Waals surface area (Å²) in [6.45, 7) is 3.69. The Kier molecular flexibility index (Phi) is 8.51. The zero-order valence-electron chi connectivity index (χ0n) is 19.9. The molecule has 7 nitrogen and oxygen atoms in total. The van der Waals surface area contributed by atoms with Crippen molar-refractivity contribution in [1.82, 2.24) is 9.80 Å². The number of carbonyl (C=O) groups excluding carboxylic acids is 1. The fraction of sp³-hybridized carbons (Fsp3) is 0.480. The first-order chi connectivity index (χ1) is 15.7. The van der Waals surface area contributed by atoms with Crippen molar-refractivity contribution in [2.24, 2.45) is 11.1 Å². The first-order valence-electron chi connectivity index (χ1n) is 11.6. The van der Waals surface area contributed by atoms with Gasteiger partial charge in [-0.1, -0.05) is 30.3 Å². The second kappa shape index (κ2) is 11.1. The molecule has 1 aliphatic rings. The Labute approximate surface area is 198 Å². The average molecular weight is 473 g/mol. The molecule has 8 heteroatoms. The van der Waals surface area contributed by atoms with Crippen LogP contribution in [0.5, 0.6) is 0 Å². The molecule has 0 atom stereocenters. The van der Waals surface area contributed by atoms with Crippen LogP contribution < -0.4 is 10.0 Å². The highest BCUT2D eigenvalue weighted by Crippen LogP contribution is 2.30. The van der Waals surface area contributed by atoms with Crippen molar-refractivity contribution in [3.63, 3.8) is 0 Å². The molecule has 0 radical (unpaired) electrons. The minimum Gasteiger partial charge on any atom is -0.320 e. The summed E-state index contributed by atoms with van der Waals surface area (Å²) in [6.07, 6.45) is 4.36. The van der Waals surface area contributed by atoms with E-state index in [1.54, 1.807) is 17.0 Å². The Bertz CT molecular complexity index is 1000. The van der Waals surface area contributed by atoms with Gasteiger partial charge >= 0.3 is 6.03 Å². The molecular formula is C25H36N4O3S. The summed E-state index contributed by atoms with van der Waals surface area (Å²) in [5.41, 5.74) is 1.76. The van der Waals surface area contributed by atoms with Crippen LogP contribution in [0.1, 0.15) is 38.2 Å². The third-order valence-electron chi connectivity index (χ3n) is 6.56. The summed E-state index contributed by atoms with van der Waals surface area (Å²) in [4.78, 5) is 19.7. The van der Waals surface area contributed by atoms with Gasteiger partial charge in [-0.3, -0.25) is 4.90 Å². The number of hydrogen-bond donors (Lipinski definition) is 1. The van der Waals surface area contributed by atoms with Gasteiger partial charge in [0.1, 0.15) is 0 Å². The van der Waals surface area contributed by atoms with E-state index in [0.717, 1.165) is 31.2 Å². The SMILES string of the molecule is CCN(Cc1ccccc1)C(=O)N(CC1CCC(N(C)C)CC1)c1ccc(S(N)(=O)=O)cc1. The maximum Gasteiger partial charge on any atom is 0.324 e. The fourth-order valence-electron chi connectivity index (χ4n) is 4.50. The van der Waals surface area contributed by atoms with Crippen LogP contribution in [-0.2, 0) is 16.6 Å². The molecule has 2 amide bonds. The summed E-state index contributed by atoms with van der Waals surface area (Å²) in [6, 6.07) is 16.8. The quantitative estimate of drug-likeness (QED) is 0.631. The number of primary sulfonamides is 1. The number of sulfonamides is 1. The highest BCUT2D eigenvalue weighted by Gasteiger charge is 2.28. The van der Waals surface area contributed by atoms with E-state index in [1.165, 1.54) is 12.1 Å². The Morgan fingerprint density at radius 1 is 0.970 bits per heavy atom. The molecule has 0 spiro atoms. The van der Waals surface area contributed by atoms with E-state index in [0.29, 0.717) is 37.3 Å². The van der Waals surface area contributed by atoms with Crippen LogP contribution in [0.2, 0.25) is 0 Å². The summed E-state index contributed by atoms with van der Waals surface area (Å²) < 4.78 is 23.4. The molecule has 0 unspecified atom stereocenters. The number of anilines is 1. The van der Waals surface area contributed by atoms with Gasteiger partial charge in [-0.05, 0) is 82.4 Å². The van der Waals surface area contributed by atoms with Crippen molar-refractivity contribution in [2.45, 2.75) is 50.1 Å². The van der Waals surface area contributed by atoms with Gasteiger partial charge in [0, 0.05) is 31.4 Å². The number of amides is 2. The van der Waals surface area contributed by atoms with Crippen LogP contribution in [0.3, 0.4) is 0 Å². The molecular weight excluding hydrogens is 436 g/mol. The second-order valence-corrected chi connectivity index (χ2v) is 10.6. The Morgan fingerprint density at radius 3 is 2.09 bits per heavy atom. The number of carbonyl (C=O) groups is 1. The van der Waals surface area contributed by atoms with E-state index in [1.807, 2.05) is 42.2 Å². The number of nitrogens with zero attached hydrogens (tertiary/aromatic N) is 3. The van der Waals surface area contributed by atoms with Crippen LogP contribution in [0.15, 0.2) is 59.5 Å². The maximum atomic E-state index is 13.7. The lowest BCUT2D eigenvalue weighted by Crippen LogP contribution is -2.46. The van der Waals surface area contributed by atoms with Crippen molar-refractivity contribution >= 4 is 21.7 Å². The Hall–Kier alpha value is -2.42. The topological polar surface area (TPSA) is 86.9 Å². The van der Waals surface area contributed by atoms with Crippen LogP contribution in [-0.4, -0.2) is 57.5 Å². The predicted octanol–water partition coefficient (Wildman–Crippen LogP) is 3.90. The molecule has 1 saturated carbocycles. The van der Waals surface area contributed by atoms with Crippen molar-refractivity contribution in [1.29, 1.82) is 0 Å². The summed E-state index contributed by atoms with van der Waals surface area (Å²) in [5.74, 6) is 0.401. The van der Waals surface area contributed by atoms with E-state index in [4.69, 9.17) is 5.14 Å². The molecule has 0 aromatic heterocycles. The van der Waals surface area contributed by atoms with E-state index in [-0.39, 0.29) is 10.9 Å². The molecule has 33 heavy (non-hydrogen) atoms. The summed E-state index contributed by atoms with van der Waals surface area (Å²) >= 11 is 0. The smallest absolute Gasteiger partial charge is 0.320 e. The molecule has 0 bridgehead atoms. The van der Waals surface area contributed by atoms with Crippen molar-refractivity contribution < 1.29 is 13.2 Å². The van der Waals surface area contributed by atoms with Gasteiger partial charge in [0.05, 0.1) is 4.90 Å². The fourth-order valence-corrected chi connectivity index (χ4v) is 5.02. The predicted molar refractivity (Wildman–Crippen MR) is 133 cm³/mol.